The lowest BCUT2D eigenvalue weighted by Gasteiger charge is -2.06. The number of nitro benzene ring substituents is 2. The quantitative estimate of drug-likeness (QED) is 0.204. The van der Waals surface area contributed by atoms with Gasteiger partial charge >= 0.3 is 5.97 Å². The maximum absolute atomic E-state index is 12.5. The second kappa shape index (κ2) is 9.56. The minimum Gasteiger partial charge on any atom is -0.312 e. The first-order chi connectivity index (χ1) is 15.3. The normalized spacial score (nSPS) is 13.3. The average Bonchev–Trinajstić information content (AvgIpc) is 2.82. The van der Waals surface area contributed by atoms with Gasteiger partial charge in [0.2, 0.25) is 5.78 Å². The number of non-ortho nitro benzene ring substituents is 1. The van der Waals surface area contributed by atoms with E-state index in [1.54, 1.807) is 12.2 Å². The molecule has 0 aliphatic heterocycles. The van der Waals surface area contributed by atoms with E-state index in [-0.39, 0.29) is 16.8 Å². The van der Waals surface area contributed by atoms with E-state index in [2.05, 4.69) is 5.16 Å². The van der Waals surface area contributed by atoms with Gasteiger partial charge in [-0.1, -0.05) is 47.6 Å². The Bertz CT molecular complexity index is 1190. The van der Waals surface area contributed by atoms with Crippen molar-refractivity contribution in [1.82, 2.24) is 0 Å². The maximum atomic E-state index is 12.5. The molecule has 0 fully saturated rings. The summed E-state index contributed by atoms with van der Waals surface area (Å²) < 4.78 is 0. The van der Waals surface area contributed by atoms with E-state index >= 15 is 0 Å². The number of nitro groups is 2. The van der Waals surface area contributed by atoms with E-state index < -0.39 is 33.0 Å². The standard InChI is InChI=1S/C22H17N3O7/c1-14(23-32-22(27)17-5-3-2-4-6-17)21(26)16-9-7-15(8-10-16)19-12-11-18(24(28)29)13-20(19)25(30)31/h3,5-13H,2,4H2,1H3/b23-14-. The van der Waals surface area contributed by atoms with Crippen molar-refractivity contribution in [3.63, 3.8) is 0 Å². The number of Topliss-reactive ketones (excluding diaryl/α,β-unsaturated/α-hetero) is 1. The maximum Gasteiger partial charge on any atom is 0.365 e. The Balaban J connectivity index is 1.78. The van der Waals surface area contributed by atoms with Gasteiger partial charge in [-0.3, -0.25) is 25.0 Å². The third kappa shape index (κ3) is 4.98. The molecule has 2 aromatic rings. The Labute approximate surface area is 181 Å². The molecule has 0 heterocycles. The molecule has 162 valence electrons. The molecule has 1 aliphatic carbocycles. The highest BCUT2D eigenvalue weighted by Crippen LogP contribution is 2.33. The summed E-state index contributed by atoms with van der Waals surface area (Å²) in [5.74, 6) is -1.15. The minimum atomic E-state index is -0.714. The molecule has 0 amide bonds. The van der Waals surface area contributed by atoms with Crippen molar-refractivity contribution in [3.8, 4) is 11.1 Å². The highest BCUT2D eigenvalue weighted by Gasteiger charge is 2.21. The van der Waals surface area contributed by atoms with Crippen LogP contribution in [0, 0.1) is 20.2 Å². The fourth-order valence-electron chi connectivity index (χ4n) is 3.01. The summed E-state index contributed by atoms with van der Waals surface area (Å²) in [7, 11) is 0. The second-order valence-electron chi connectivity index (χ2n) is 6.82. The Morgan fingerprint density at radius 3 is 2.31 bits per heavy atom. The van der Waals surface area contributed by atoms with Gasteiger partial charge in [0.15, 0.2) is 0 Å². The largest absolute Gasteiger partial charge is 0.365 e. The zero-order valence-electron chi connectivity index (χ0n) is 16.9. The van der Waals surface area contributed by atoms with Crippen molar-refractivity contribution < 1.29 is 24.3 Å². The summed E-state index contributed by atoms with van der Waals surface area (Å²) in [5, 5.41) is 25.8. The summed E-state index contributed by atoms with van der Waals surface area (Å²) >= 11 is 0. The van der Waals surface area contributed by atoms with Gasteiger partial charge in [0, 0.05) is 11.6 Å². The zero-order chi connectivity index (χ0) is 23.3. The van der Waals surface area contributed by atoms with Crippen LogP contribution in [-0.2, 0) is 9.63 Å². The molecule has 0 bridgehead atoms. The predicted octanol–water partition coefficient (Wildman–Crippen LogP) is 4.55. The number of hydrogen-bond donors (Lipinski definition) is 0. The Hall–Kier alpha value is -4.47. The highest BCUT2D eigenvalue weighted by molar-refractivity contribution is 6.45. The van der Waals surface area contributed by atoms with Crippen LogP contribution in [0.2, 0.25) is 0 Å². The Kier molecular flexibility index (Phi) is 6.64. The van der Waals surface area contributed by atoms with Gasteiger partial charge in [-0.15, -0.1) is 0 Å². The van der Waals surface area contributed by atoms with Crippen molar-refractivity contribution in [1.29, 1.82) is 0 Å². The number of benzene rings is 2. The van der Waals surface area contributed by atoms with Gasteiger partial charge < -0.3 is 4.84 Å². The molecule has 0 spiro atoms. The Morgan fingerprint density at radius 1 is 1.00 bits per heavy atom. The van der Waals surface area contributed by atoms with E-state index in [1.165, 1.54) is 43.3 Å². The first-order valence-corrected chi connectivity index (χ1v) is 9.48. The summed E-state index contributed by atoms with van der Waals surface area (Å²) in [6.07, 6.45) is 6.77. The van der Waals surface area contributed by atoms with Crippen LogP contribution in [0.4, 0.5) is 11.4 Å². The van der Waals surface area contributed by atoms with Crippen LogP contribution >= 0.6 is 0 Å². The SMILES string of the molecule is C/C(=N/OC(=O)C1=CCCC=C1)C(=O)c1ccc(-c2ccc([N+](=O)[O-])cc2[N+](=O)[O-])cc1. The van der Waals surface area contributed by atoms with E-state index in [9.17, 15) is 29.8 Å². The number of allylic oxidation sites excluding steroid dienone is 2. The van der Waals surface area contributed by atoms with Gasteiger partial charge in [-0.2, -0.15) is 0 Å². The van der Waals surface area contributed by atoms with Gasteiger partial charge in [0.25, 0.3) is 11.4 Å². The lowest BCUT2D eigenvalue weighted by atomic mass is 9.99. The number of ketones is 1. The number of oxime groups is 1. The molecule has 0 atom stereocenters. The first-order valence-electron chi connectivity index (χ1n) is 9.48. The molecule has 0 aromatic heterocycles. The van der Waals surface area contributed by atoms with Gasteiger partial charge in [0.1, 0.15) is 5.71 Å². The number of carbonyl (C=O) groups excluding carboxylic acids is 2. The van der Waals surface area contributed by atoms with E-state index in [1.807, 2.05) is 6.08 Å². The van der Waals surface area contributed by atoms with E-state index in [0.717, 1.165) is 18.9 Å². The van der Waals surface area contributed by atoms with Crippen LogP contribution in [0.25, 0.3) is 11.1 Å². The number of carbonyl (C=O) groups is 2. The van der Waals surface area contributed by atoms with Crippen LogP contribution in [-0.4, -0.2) is 27.3 Å². The predicted molar refractivity (Wildman–Crippen MR) is 115 cm³/mol. The molecule has 3 rings (SSSR count). The molecule has 0 N–H and O–H groups in total. The van der Waals surface area contributed by atoms with Crippen LogP contribution in [0.1, 0.15) is 30.1 Å². The molecule has 1 aliphatic rings. The number of hydrogen-bond acceptors (Lipinski definition) is 8. The van der Waals surface area contributed by atoms with Crippen molar-refractivity contribution >= 4 is 28.8 Å². The van der Waals surface area contributed by atoms with Gasteiger partial charge in [-0.25, -0.2) is 4.79 Å². The van der Waals surface area contributed by atoms with E-state index in [0.29, 0.717) is 11.1 Å². The zero-order valence-corrected chi connectivity index (χ0v) is 16.9. The summed E-state index contributed by atoms with van der Waals surface area (Å²) in [5.41, 5.74) is 0.310. The topological polar surface area (TPSA) is 142 Å². The van der Waals surface area contributed by atoms with Crippen LogP contribution in [0.3, 0.4) is 0 Å². The third-order valence-corrected chi connectivity index (χ3v) is 4.67. The van der Waals surface area contributed by atoms with Gasteiger partial charge in [0.05, 0.1) is 27.0 Å². The summed E-state index contributed by atoms with van der Waals surface area (Å²) in [6.45, 7) is 1.40. The summed E-state index contributed by atoms with van der Waals surface area (Å²) in [6, 6.07) is 9.19. The molecular weight excluding hydrogens is 418 g/mol. The average molecular weight is 435 g/mol. The third-order valence-electron chi connectivity index (χ3n) is 4.67. The summed E-state index contributed by atoms with van der Waals surface area (Å²) in [4.78, 5) is 50.1. The van der Waals surface area contributed by atoms with Crippen LogP contribution < -0.4 is 0 Å². The van der Waals surface area contributed by atoms with Crippen LogP contribution in [0.15, 0.2) is 71.4 Å². The molecule has 0 unspecified atom stereocenters. The van der Waals surface area contributed by atoms with Crippen molar-refractivity contribution in [3.05, 3.63) is 92.1 Å². The minimum absolute atomic E-state index is 0.0483. The van der Waals surface area contributed by atoms with Crippen molar-refractivity contribution in [2.45, 2.75) is 19.8 Å². The molecular formula is C22H17N3O7. The molecule has 10 nitrogen and oxygen atoms in total. The second-order valence-corrected chi connectivity index (χ2v) is 6.82. The Morgan fingerprint density at radius 2 is 1.72 bits per heavy atom. The molecule has 0 saturated carbocycles. The number of nitrogens with zero attached hydrogens (tertiary/aromatic N) is 3. The highest BCUT2D eigenvalue weighted by atomic mass is 16.7. The van der Waals surface area contributed by atoms with E-state index in [4.69, 9.17) is 4.84 Å². The molecule has 0 saturated heterocycles. The van der Waals surface area contributed by atoms with Crippen molar-refractivity contribution in [2.24, 2.45) is 5.16 Å². The molecule has 0 radical (unpaired) electrons. The molecule has 2 aromatic carbocycles. The van der Waals surface area contributed by atoms with Crippen LogP contribution in [0.5, 0.6) is 0 Å². The fourth-order valence-corrected chi connectivity index (χ4v) is 3.01. The smallest absolute Gasteiger partial charge is 0.312 e. The van der Waals surface area contributed by atoms with Crippen molar-refractivity contribution in [2.75, 3.05) is 0 Å². The molecule has 10 heteroatoms. The fraction of sp³-hybridized carbons (Fsp3) is 0.136. The lowest BCUT2D eigenvalue weighted by molar-refractivity contribution is -0.393. The number of rotatable bonds is 7. The molecule has 32 heavy (non-hydrogen) atoms. The monoisotopic (exact) mass is 435 g/mol. The van der Waals surface area contributed by atoms with Gasteiger partial charge in [-0.05, 0) is 31.4 Å². The first kappa shape index (κ1) is 22.2. The lowest BCUT2D eigenvalue weighted by Crippen LogP contribution is -2.13.